The molecule has 1 unspecified atom stereocenters. The molecule has 1 fully saturated rings. The normalized spacial score (nSPS) is 28.1. The van der Waals surface area contributed by atoms with Crippen molar-refractivity contribution in [2.24, 2.45) is 11.3 Å². The third kappa shape index (κ3) is 3.13. The lowest BCUT2D eigenvalue weighted by molar-refractivity contribution is -0.122. The second kappa shape index (κ2) is 4.26. The molecule has 1 aliphatic carbocycles. The Morgan fingerprint density at radius 1 is 1.31 bits per heavy atom. The van der Waals surface area contributed by atoms with E-state index in [1.807, 2.05) is 6.92 Å². The predicted octanol–water partition coefficient (Wildman–Crippen LogP) is 3.57. The summed E-state index contributed by atoms with van der Waals surface area (Å²) >= 11 is 0. The summed E-state index contributed by atoms with van der Waals surface area (Å²) in [6.07, 6.45) is 6.74. The van der Waals surface area contributed by atoms with Gasteiger partial charge >= 0.3 is 0 Å². The van der Waals surface area contributed by atoms with Crippen molar-refractivity contribution in [3.05, 3.63) is 0 Å². The molecule has 0 aromatic carbocycles. The highest BCUT2D eigenvalue weighted by molar-refractivity contribution is 5.80. The van der Waals surface area contributed by atoms with Crippen molar-refractivity contribution in [1.29, 1.82) is 0 Å². The van der Waals surface area contributed by atoms with Crippen LogP contribution in [0.4, 0.5) is 0 Å². The minimum atomic E-state index is 0.381. The van der Waals surface area contributed by atoms with Crippen molar-refractivity contribution < 1.29 is 4.79 Å². The van der Waals surface area contributed by atoms with E-state index in [2.05, 4.69) is 13.8 Å². The van der Waals surface area contributed by atoms with Gasteiger partial charge in [0.2, 0.25) is 0 Å². The molecule has 0 aromatic heterocycles. The van der Waals surface area contributed by atoms with E-state index in [4.69, 9.17) is 0 Å². The third-order valence-electron chi connectivity index (χ3n) is 3.38. The Morgan fingerprint density at radius 2 is 2.00 bits per heavy atom. The molecule has 13 heavy (non-hydrogen) atoms. The quantitative estimate of drug-likeness (QED) is 0.597. The van der Waals surface area contributed by atoms with Gasteiger partial charge in [0.25, 0.3) is 0 Å². The van der Waals surface area contributed by atoms with Crippen molar-refractivity contribution in [1.82, 2.24) is 0 Å². The molecule has 0 spiro atoms. The van der Waals surface area contributed by atoms with Gasteiger partial charge in [0.15, 0.2) is 0 Å². The van der Waals surface area contributed by atoms with Gasteiger partial charge in [0.1, 0.15) is 5.78 Å². The Bertz CT molecular complexity index is 182. The maximum absolute atomic E-state index is 11.5. The maximum atomic E-state index is 11.5. The molecule has 0 amide bonds. The lowest BCUT2D eigenvalue weighted by Crippen LogP contribution is -2.13. The Morgan fingerprint density at radius 3 is 2.62 bits per heavy atom. The fraction of sp³-hybridized carbons (Fsp3) is 0.917. The molecule has 0 bridgehead atoms. The summed E-state index contributed by atoms with van der Waals surface area (Å²) in [6.45, 7) is 6.63. The summed E-state index contributed by atoms with van der Waals surface area (Å²) < 4.78 is 0. The zero-order chi connectivity index (χ0) is 9.90. The highest BCUT2D eigenvalue weighted by atomic mass is 16.1. The Kier molecular flexibility index (Phi) is 3.52. The molecule has 1 aliphatic rings. The average molecular weight is 182 g/mol. The topological polar surface area (TPSA) is 17.1 Å². The Labute approximate surface area is 81.9 Å². The van der Waals surface area contributed by atoms with Crippen molar-refractivity contribution in [3.8, 4) is 0 Å². The van der Waals surface area contributed by atoms with E-state index in [-0.39, 0.29) is 0 Å². The van der Waals surface area contributed by atoms with E-state index < -0.39 is 0 Å². The molecule has 0 aromatic rings. The predicted molar refractivity (Wildman–Crippen MR) is 55.7 cm³/mol. The summed E-state index contributed by atoms with van der Waals surface area (Å²) in [6, 6.07) is 0. The number of rotatable bonds is 2. The molecule has 0 heterocycles. The van der Waals surface area contributed by atoms with Crippen molar-refractivity contribution in [2.75, 3.05) is 0 Å². The third-order valence-corrected chi connectivity index (χ3v) is 3.38. The van der Waals surface area contributed by atoms with Gasteiger partial charge in [0, 0.05) is 12.3 Å². The van der Waals surface area contributed by atoms with Gasteiger partial charge < -0.3 is 0 Å². The molecule has 0 N–H and O–H groups in total. The van der Waals surface area contributed by atoms with E-state index in [1.54, 1.807) is 0 Å². The van der Waals surface area contributed by atoms with Gasteiger partial charge in [-0.3, -0.25) is 4.79 Å². The van der Waals surface area contributed by atoms with E-state index in [0.29, 0.717) is 17.1 Å². The molecule has 1 atom stereocenters. The second-order valence-electron chi connectivity index (χ2n) is 5.11. The first-order valence-electron chi connectivity index (χ1n) is 5.58. The summed E-state index contributed by atoms with van der Waals surface area (Å²) in [5.41, 5.74) is 0.475. The van der Waals surface area contributed by atoms with Gasteiger partial charge in [-0.1, -0.05) is 27.2 Å². The van der Waals surface area contributed by atoms with Crippen LogP contribution < -0.4 is 0 Å². The molecule has 1 heteroatoms. The van der Waals surface area contributed by atoms with Gasteiger partial charge in [-0.15, -0.1) is 0 Å². The van der Waals surface area contributed by atoms with Gasteiger partial charge in [-0.05, 0) is 31.1 Å². The fourth-order valence-corrected chi connectivity index (χ4v) is 2.27. The number of carbonyl (C=O) groups excluding carboxylic acids is 1. The zero-order valence-electron chi connectivity index (χ0n) is 9.23. The number of Topliss-reactive ketones (excluding diaryl/α,β-unsaturated/α-hetero) is 1. The summed E-state index contributed by atoms with van der Waals surface area (Å²) in [4.78, 5) is 11.5. The van der Waals surface area contributed by atoms with Crippen LogP contribution in [0.2, 0.25) is 0 Å². The van der Waals surface area contributed by atoms with Crippen LogP contribution in [0.5, 0.6) is 0 Å². The minimum absolute atomic E-state index is 0.381. The maximum Gasteiger partial charge on any atom is 0.135 e. The van der Waals surface area contributed by atoms with Crippen LogP contribution in [0.25, 0.3) is 0 Å². The molecule has 76 valence electrons. The Hall–Kier alpha value is -0.330. The van der Waals surface area contributed by atoms with E-state index in [1.165, 1.54) is 19.3 Å². The van der Waals surface area contributed by atoms with Gasteiger partial charge in [0.05, 0.1) is 0 Å². The largest absolute Gasteiger partial charge is 0.299 e. The molecule has 1 saturated carbocycles. The second-order valence-corrected chi connectivity index (χ2v) is 5.11. The van der Waals surface area contributed by atoms with Crippen molar-refractivity contribution >= 4 is 5.78 Å². The fourth-order valence-electron chi connectivity index (χ4n) is 2.27. The van der Waals surface area contributed by atoms with Gasteiger partial charge in [-0.2, -0.15) is 0 Å². The van der Waals surface area contributed by atoms with E-state index in [9.17, 15) is 4.79 Å². The molecular weight excluding hydrogens is 160 g/mol. The lowest BCUT2D eigenvalue weighted by Gasteiger charge is -2.21. The van der Waals surface area contributed by atoms with Crippen LogP contribution in [0, 0.1) is 11.3 Å². The minimum Gasteiger partial charge on any atom is -0.299 e. The zero-order valence-corrected chi connectivity index (χ0v) is 9.23. The first-order chi connectivity index (χ1) is 6.05. The summed E-state index contributed by atoms with van der Waals surface area (Å²) in [5.74, 6) is 0.865. The average Bonchev–Trinajstić information content (AvgIpc) is 2.25. The number of carbonyl (C=O) groups is 1. The lowest BCUT2D eigenvalue weighted by atomic mass is 9.84. The summed E-state index contributed by atoms with van der Waals surface area (Å²) in [5, 5.41) is 0. The van der Waals surface area contributed by atoms with Gasteiger partial charge in [-0.25, -0.2) is 0 Å². The Balaban J connectivity index is 2.49. The standard InChI is InChI=1S/C12H22O/c1-4-11(13)10-6-5-8-12(2,3)9-7-10/h10H,4-9H2,1-3H3. The van der Waals surface area contributed by atoms with Crippen LogP contribution in [-0.4, -0.2) is 5.78 Å². The van der Waals surface area contributed by atoms with Crippen LogP contribution >= 0.6 is 0 Å². The molecular formula is C12H22O. The van der Waals surface area contributed by atoms with E-state index in [0.717, 1.165) is 19.3 Å². The molecule has 0 saturated heterocycles. The SMILES string of the molecule is CCC(=O)C1CCCC(C)(C)CC1. The first-order valence-corrected chi connectivity index (χ1v) is 5.58. The van der Waals surface area contributed by atoms with Crippen molar-refractivity contribution in [3.63, 3.8) is 0 Å². The number of ketones is 1. The highest BCUT2D eigenvalue weighted by Crippen LogP contribution is 2.36. The first kappa shape index (κ1) is 10.7. The van der Waals surface area contributed by atoms with E-state index >= 15 is 0 Å². The molecule has 0 aliphatic heterocycles. The molecule has 0 radical (unpaired) electrons. The van der Waals surface area contributed by atoms with Crippen molar-refractivity contribution in [2.45, 2.75) is 59.3 Å². The number of hydrogen-bond acceptors (Lipinski definition) is 1. The summed E-state index contributed by atoms with van der Waals surface area (Å²) in [7, 11) is 0. The monoisotopic (exact) mass is 182 g/mol. The molecule has 1 nitrogen and oxygen atoms in total. The highest BCUT2D eigenvalue weighted by Gasteiger charge is 2.26. The molecule has 1 rings (SSSR count). The van der Waals surface area contributed by atoms with Crippen LogP contribution in [0.3, 0.4) is 0 Å². The van der Waals surface area contributed by atoms with Crippen LogP contribution in [-0.2, 0) is 4.79 Å². The van der Waals surface area contributed by atoms with Crippen LogP contribution in [0.1, 0.15) is 59.3 Å². The van der Waals surface area contributed by atoms with Crippen LogP contribution in [0.15, 0.2) is 0 Å². The number of hydrogen-bond donors (Lipinski definition) is 0. The smallest absolute Gasteiger partial charge is 0.135 e.